The van der Waals surface area contributed by atoms with Crippen molar-refractivity contribution in [2.24, 2.45) is 10.3 Å². The molecule has 0 atom stereocenters. The second kappa shape index (κ2) is 3.72. The Morgan fingerprint density at radius 2 is 0.929 bits per heavy atom. The largest absolute Gasteiger partial charge is 0.438 e. The molecule has 0 aliphatic carbocycles. The highest BCUT2D eigenvalue weighted by molar-refractivity contribution is 6.46. The van der Waals surface area contributed by atoms with Gasteiger partial charge in [0.15, 0.2) is 0 Å². The molecule has 0 spiro atoms. The highest BCUT2D eigenvalue weighted by Crippen LogP contribution is 2.26. The van der Waals surface area contributed by atoms with Crippen LogP contribution in [0, 0.1) is 0 Å². The Morgan fingerprint density at radius 3 is 1.00 bits per heavy atom. The van der Waals surface area contributed by atoms with Gasteiger partial charge in [0.25, 0.3) is 0 Å². The molecule has 0 aliphatic heterocycles. The molecule has 0 aromatic heterocycles. The molecule has 0 saturated carbocycles. The first-order valence-electron chi connectivity index (χ1n) is 2.73. The van der Waals surface area contributed by atoms with Gasteiger partial charge in [0.1, 0.15) is 0 Å². The summed E-state index contributed by atoms with van der Waals surface area (Å²) in [7, 11) is 0. The van der Waals surface area contributed by atoms with Crippen molar-refractivity contribution in [1.29, 1.82) is 0 Å². The quantitative estimate of drug-likeness (QED) is 0.308. The summed E-state index contributed by atoms with van der Waals surface area (Å²) in [6, 6.07) is 0. The first-order chi connectivity index (χ1) is 6.14. The molecular weight excluding hydrogens is 222 g/mol. The van der Waals surface area contributed by atoms with Crippen LogP contribution in [0.2, 0.25) is 0 Å². The van der Waals surface area contributed by atoms with Crippen LogP contribution in [0.4, 0.5) is 26.3 Å². The lowest BCUT2D eigenvalue weighted by Crippen LogP contribution is -2.40. The molecule has 0 fully saturated rings. The van der Waals surface area contributed by atoms with Crippen LogP contribution in [0.25, 0.3) is 0 Å². The van der Waals surface area contributed by atoms with Gasteiger partial charge < -0.3 is 10.4 Å². The Labute approximate surface area is 72.1 Å². The Hall–Kier alpha value is -1.48. The molecule has 0 radical (unpaired) electrons. The first-order valence-corrected chi connectivity index (χ1v) is 2.73. The standard InChI is InChI=1S/C4H2F6N2O2/c5-3(6,7)1(11-13)2(12-14)4(8,9)10/h13-14H/b11-1-,12-2+. The Bertz CT molecular complexity index is 236. The molecule has 0 amide bonds. The lowest BCUT2D eigenvalue weighted by atomic mass is 10.2. The molecule has 0 aromatic rings. The minimum absolute atomic E-state index is 1.38. The number of nitrogens with zero attached hydrogens (tertiary/aromatic N) is 2. The fourth-order valence-corrected chi connectivity index (χ4v) is 0.477. The van der Waals surface area contributed by atoms with Gasteiger partial charge in [-0.15, -0.1) is 0 Å². The first kappa shape index (κ1) is 12.5. The van der Waals surface area contributed by atoms with Crippen LogP contribution in [0.5, 0.6) is 0 Å². The summed E-state index contributed by atoms with van der Waals surface area (Å²) in [5, 5.41) is 18.2. The van der Waals surface area contributed by atoms with Crippen molar-refractivity contribution >= 4 is 11.4 Å². The van der Waals surface area contributed by atoms with Gasteiger partial charge in [-0.2, -0.15) is 26.3 Å². The zero-order valence-electron chi connectivity index (χ0n) is 6.06. The van der Waals surface area contributed by atoms with Crippen LogP contribution in [0.1, 0.15) is 0 Å². The van der Waals surface area contributed by atoms with Crippen molar-refractivity contribution < 1.29 is 36.8 Å². The van der Waals surface area contributed by atoms with E-state index in [2.05, 4.69) is 0 Å². The van der Waals surface area contributed by atoms with Gasteiger partial charge in [-0.3, -0.25) is 0 Å². The minimum Gasteiger partial charge on any atom is -0.410 e. The fourth-order valence-electron chi connectivity index (χ4n) is 0.477. The number of oxime groups is 2. The average molecular weight is 224 g/mol. The summed E-state index contributed by atoms with van der Waals surface area (Å²) in [4.78, 5) is 0. The molecule has 0 heterocycles. The SMILES string of the molecule is O/N=C(/C(=N\O)C(F)(F)F)C(F)(F)F. The van der Waals surface area contributed by atoms with E-state index >= 15 is 0 Å². The number of halogens is 6. The smallest absolute Gasteiger partial charge is 0.410 e. The molecule has 2 N–H and O–H groups in total. The monoisotopic (exact) mass is 224 g/mol. The van der Waals surface area contributed by atoms with Gasteiger partial charge in [0.2, 0.25) is 11.4 Å². The summed E-state index contributed by atoms with van der Waals surface area (Å²) < 4.78 is 70.2. The van der Waals surface area contributed by atoms with E-state index in [1.54, 1.807) is 0 Å². The third-order valence-corrected chi connectivity index (χ3v) is 0.961. The number of hydrogen-bond acceptors (Lipinski definition) is 4. The normalized spacial score (nSPS) is 15.9. The third-order valence-electron chi connectivity index (χ3n) is 0.961. The van der Waals surface area contributed by atoms with E-state index in [-0.39, 0.29) is 0 Å². The zero-order chi connectivity index (χ0) is 11.6. The zero-order valence-corrected chi connectivity index (χ0v) is 6.06. The lowest BCUT2D eigenvalue weighted by Gasteiger charge is -2.11. The van der Waals surface area contributed by atoms with Crippen molar-refractivity contribution in [3.8, 4) is 0 Å². The summed E-state index contributed by atoms with van der Waals surface area (Å²) in [5.41, 5.74) is -5.43. The minimum atomic E-state index is -5.56. The van der Waals surface area contributed by atoms with Crippen LogP contribution in [-0.2, 0) is 0 Å². The van der Waals surface area contributed by atoms with Gasteiger partial charge in [-0.05, 0) is 0 Å². The van der Waals surface area contributed by atoms with Gasteiger partial charge in [0, 0.05) is 0 Å². The van der Waals surface area contributed by atoms with E-state index in [0.29, 0.717) is 0 Å². The molecule has 0 bridgehead atoms. The predicted octanol–water partition coefficient (Wildman–Crippen LogP) is 1.77. The topological polar surface area (TPSA) is 65.2 Å². The molecule has 10 heteroatoms. The molecule has 0 aliphatic rings. The molecule has 4 nitrogen and oxygen atoms in total. The van der Waals surface area contributed by atoms with Crippen LogP contribution < -0.4 is 0 Å². The average Bonchev–Trinajstić information content (AvgIpc) is 1.94. The second-order valence-electron chi connectivity index (χ2n) is 1.89. The maximum Gasteiger partial charge on any atom is 0.438 e. The van der Waals surface area contributed by atoms with E-state index in [0.717, 1.165) is 0 Å². The Morgan fingerprint density at radius 1 is 0.714 bits per heavy atom. The molecule has 0 unspecified atom stereocenters. The molecule has 14 heavy (non-hydrogen) atoms. The van der Waals surface area contributed by atoms with E-state index < -0.39 is 23.8 Å². The van der Waals surface area contributed by atoms with Crippen molar-refractivity contribution in [2.75, 3.05) is 0 Å². The maximum absolute atomic E-state index is 11.7. The van der Waals surface area contributed by atoms with Crippen molar-refractivity contribution in [1.82, 2.24) is 0 Å². The number of hydrogen-bond donors (Lipinski definition) is 2. The van der Waals surface area contributed by atoms with Crippen molar-refractivity contribution in [3.05, 3.63) is 0 Å². The van der Waals surface area contributed by atoms with Gasteiger partial charge in [-0.25, -0.2) is 0 Å². The van der Waals surface area contributed by atoms with Gasteiger partial charge >= 0.3 is 12.4 Å². The highest BCUT2D eigenvalue weighted by atomic mass is 19.4. The Kier molecular flexibility index (Phi) is 3.32. The number of alkyl halides is 6. The third kappa shape index (κ3) is 2.78. The Balaban J connectivity index is 5.27. The van der Waals surface area contributed by atoms with E-state index in [1.165, 1.54) is 10.3 Å². The van der Waals surface area contributed by atoms with Crippen molar-refractivity contribution in [3.63, 3.8) is 0 Å². The summed E-state index contributed by atoms with van der Waals surface area (Å²) in [6.07, 6.45) is -11.1. The predicted molar refractivity (Wildman–Crippen MR) is 30.6 cm³/mol. The highest BCUT2D eigenvalue weighted by Gasteiger charge is 2.51. The molecule has 0 saturated heterocycles. The van der Waals surface area contributed by atoms with Gasteiger partial charge in [-0.1, -0.05) is 10.3 Å². The maximum atomic E-state index is 11.7. The van der Waals surface area contributed by atoms with Crippen molar-refractivity contribution in [2.45, 2.75) is 12.4 Å². The summed E-state index contributed by atoms with van der Waals surface area (Å²) >= 11 is 0. The number of rotatable bonds is 1. The van der Waals surface area contributed by atoms with Crippen LogP contribution in [-0.4, -0.2) is 34.2 Å². The fraction of sp³-hybridized carbons (Fsp3) is 0.500. The van der Waals surface area contributed by atoms with Crippen LogP contribution in [0.3, 0.4) is 0 Å². The van der Waals surface area contributed by atoms with E-state index in [4.69, 9.17) is 10.4 Å². The van der Waals surface area contributed by atoms with Gasteiger partial charge in [0.05, 0.1) is 0 Å². The molecule has 0 aromatic carbocycles. The molecule has 0 rings (SSSR count). The van der Waals surface area contributed by atoms with E-state index in [9.17, 15) is 26.3 Å². The van der Waals surface area contributed by atoms with Crippen LogP contribution >= 0.6 is 0 Å². The lowest BCUT2D eigenvalue weighted by molar-refractivity contribution is -0.0738. The summed E-state index contributed by atoms with van der Waals surface area (Å²) in [5.74, 6) is 0. The van der Waals surface area contributed by atoms with Crippen LogP contribution in [0.15, 0.2) is 10.3 Å². The molecular formula is C4H2F6N2O2. The van der Waals surface area contributed by atoms with E-state index in [1.807, 2.05) is 0 Å². The summed E-state index contributed by atoms with van der Waals surface area (Å²) in [6.45, 7) is 0. The molecule has 82 valence electrons. The second-order valence-corrected chi connectivity index (χ2v) is 1.89.